The number of amides is 1. The van der Waals surface area contributed by atoms with Gasteiger partial charge >= 0.3 is 0 Å². The number of halogens is 2. The van der Waals surface area contributed by atoms with Gasteiger partial charge in [0.1, 0.15) is 17.4 Å². The van der Waals surface area contributed by atoms with Crippen molar-refractivity contribution in [1.82, 2.24) is 0 Å². The molecule has 0 aliphatic heterocycles. The van der Waals surface area contributed by atoms with Crippen molar-refractivity contribution in [3.05, 3.63) is 53.6 Å². The first-order valence-electron chi connectivity index (χ1n) is 5.71. The maximum atomic E-state index is 13.0. The molecule has 0 atom stereocenters. The highest BCUT2D eigenvalue weighted by Crippen LogP contribution is 2.25. The Labute approximate surface area is 114 Å². The van der Waals surface area contributed by atoms with Gasteiger partial charge in [-0.15, -0.1) is 0 Å². The van der Waals surface area contributed by atoms with Crippen molar-refractivity contribution < 1.29 is 18.3 Å². The maximum absolute atomic E-state index is 13.0. The molecule has 0 fully saturated rings. The number of para-hydroxylation sites is 1. The van der Waals surface area contributed by atoms with Gasteiger partial charge < -0.3 is 15.8 Å². The summed E-state index contributed by atoms with van der Waals surface area (Å²) >= 11 is 0. The SMILES string of the molecule is COc1cccc(C(=O)Nc2cc(F)cc(F)c2)c1N. The largest absolute Gasteiger partial charge is 0.495 e. The van der Waals surface area contributed by atoms with Crippen molar-refractivity contribution in [3.8, 4) is 5.75 Å². The van der Waals surface area contributed by atoms with Crippen LogP contribution in [0.3, 0.4) is 0 Å². The van der Waals surface area contributed by atoms with Crippen molar-refractivity contribution in [3.63, 3.8) is 0 Å². The Morgan fingerprint density at radius 2 is 1.85 bits per heavy atom. The van der Waals surface area contributed by atoms with E-state index in [2.05, 4.69) is 5.32 Å². The second kappa shape index (κ2) is 5.56. The number of hydrogen-bond donors (Lipinski definition) is 2. The number of carbonyl (C=O) groups excluding carboxylic acids is 1. The van der Waals surface area contributed by atoms with Gasteiger partial charge in [-0.3, -0.25) is 4.79 Å². The predicted molar refractivity (Wildman–Crippen MR) is 71.7 cm³/mol. The van der Waals surface area contributed by atoms with Crippen molar-refractivity contribution in [2.24, 2.45) is 0 Å². The van der Waals surface area contributed by atoms with E-state index in [0.29, 0.717) is 5.75 Å². The Morgan fingerprint density at radius 3 is 2.45 bits per heavy atom. The lowest BCUT2D eigenvalue weighted by molar-refractivity contribution is 0.102. The minimum absolute atomic E-state index is 0.00900. The average molecular weight is 278 g/mol. The summed E-state index contributed by atoms with van der Waals surface area (Å²) in [5, 5.41) is 2.38. The van der Waals surface area contributed by atoms with Crippen molar-refractivity contribution in [2.45, 2.75) is 0 Å². The Morgan fingerprint density at radius 1 is 1.20 bits per heavy atom. The highest BCUT2D eigenvalue weighted by Gasteiger charge is 2.13. The van der Waals surface area contributed by atoms with Gasteiger partial charge in [-0.2, -0.15) is 0 Å². The molecule has 104 valence electrons. The smallest absolute Gasteiger partial charge is 0.257 e. The van der Waals surface area contributed by atoms with E-state index in [4.69, 9.17) is 10.5 Å². The summed E-state index contributed by atoms with van der Waals surface area (Å²) in [4.78, 5) is 12.0. The first kappa shape index (κ1) is 13.8. The number of ether oxygens (including phenoxy) is 1. The van der Waals surface area contributed by atoms with Crippen LogP contribution in [-0.4, -0.2) is 13.0 Å². The zero-order valence-corrected chi connectivity index (χ0v) is 10.6. The fourth-order valence-electron chi connectivity index (χ4n) is 1.74. The van der Waals surface area contributed by atoms with Gasteiger partial charge in [0.25, 0.3) is 5.91 Å². The summed E-state index contributed by atoms with van der Waals surface area (Å²) in [6, 6.07) is 7.43. The molecule has 0 aliphatic carbocycles. The Balaban J connectivity index is 2.28. The minimum atomic E-state index is -0.779. The fourth-order valence-corrected chi connectivity index (χ4v) is 1.74. The second-order valence-electron chi connectivity index (χ2n) is 4.03. The van der Waals surface area contributed by atoms with Crippen molar-refractivity contribution >= 4 is 17.3 Å². The van der Waals surface area contributed by atoms with Crippen molar-refractivity contribution in [1.29, 1.82) is 0 Å². The third kappa shape index (κ3) is 2.85. The lowest BCUT2D eigenvalue weighted by Crippen LogP contribution is -2.14. The van der Waals surface area contributed by atoms with Gasteiger partial charge in [0.15, 0.2) is 0 Å². The molecule has 6 heteroatoms. The zero-order valence-electron chi connectivity index (χ0n) is 10.6. The number of hydrogen-bond acceptors (Lipinski definition) is 3. The Hall–Kier alpha value is -2.63. The van der Waals surface area contributed by atoms with E-state index in [0.717, 1.165) is 18.2 Å². The van der Waals surface area contributed by atoms with Gasteiger partial charge in [0.05, 0.1) is 18.4 Å². The molecule has 0 saturated heterocycles. The molecule has 0 saturated carbocycles. The van der Waals surface area contributed by atoms with Gasteiger partial charge in [-0.1, -0.05) is 6.07 Å². The Bertz CT molecular complexity index is 639. The van der Waals surface area contributed by atoms with Crippen LogP contribution in [0.25, 0.3) is 0 Å². The quantitative estimate of drug-likeness (QED) is 0.848. The van der Waals surface area contributed by atoms with Crippen LogP contribution in [0, 0.1) is 11.6 Å². The molecular weight excluding hydrogens is 266 g/mol. The standard InChI is InChI=1S/C14H12F2N2O2/c1-20-12-4-2-3-11(13(12)17)14(19)18-10-6-8(15)5-9(16)7-10/h2-7H,17H2,1H3,(H,18,19). The third-order valence-corrected chi connectivity index (χ3v) is 2.65. The molecule has 2 aromatic carbocycles. The Kier molecular flexibility index (Phi) is 3.84. The van der Waals surface area contributed by atoms with E-state index in [9.17, 15) is 13.6 Å². The molecule has 0 aromatic heterocycles. The van der Waals surface area contributed by atoms with Crippen LogP contribution in [-0.2, 0) is 0 Å². The molecule has 1 amide bonds. The number of anilines is 2. The summed E-state index contributed by atoms with van der Waals surface area (Å²) in [5.74, 6) is -1.78. The first-order valence-corrected chi connectivity index (χ1v) is 5.71. The summed E-state index contributed by atoms with van der Waals surface area (Å²) in [7, 11) is 1.43. The van der Waals surface area contributed by atoms with Crippen LogP contribution in [0.5, 0.6) is 5.75 Å². The number of benzene rings is 2. The van der Waals surface area contributed by atoms with Crippen LogP contribution < -0.4 is 15.8 Å². The molecule has 0 spiro atoms. The second-order valence-corrected chi connectivity index (χ2v) is 4.03. The number of nitrogens with two attached hydrogens (primary N) is 1. The molecule has 2 aromatic rings. The van der Waals surface area contributed by atoms with Gasteiger partial charge in [-0.05, 0) is 24.3 Å². The third-order valence-electron chi connectivity index (χ3n) is 2.65. The van der Waals surface area contributed by atoms with Crippen molar-refractivity contribution in [2.75, 3.05) is 18.2 Å². The first-order chi connectivity index (χ1) is 9.51. The van der Waals surface area contributed by atoms with Crippen LogP contribution in [0.1, 0.15) is 10.4 Å². The molecule has 0 heterocycles. The minimum Gasteiger partial charge on any atom is -0.495 e. The summed E-state index contributed by atoms with van der Waals surface area (Å²) in [6.07, 6.45) is 0. The number of nitrogen functional groups attached to an aromatic ring is 1. The molecule has 0 radical (unpaired) electrons. The molecule has 2 rings (SSSR count). The number of nitrogens with one attached hydrogen (secondary N) is 1. The lowest BCUT2D eigenvalue weighted by atomic mass is 10.1. The normalized spacial score (nSPS) is 10.2. The fraction of sp³-hybridized carbons (Fsp3) is 0.0714. The number of carbonyl (C=O) groups is 1. The predicted octanol–water partition coefficient (Wildman–Crippen LogP) is 2.81. The lowest BCUT2D eigenvalue weighted by Gasteiger charge is -2.10. The van der Waals surface area contributed by atoms with Crippen LogP contribution >= 0.6 is 0 Å². The molecule has 4 nitrogen and oxygen atoms in total. The van der Waals surface area contributed by atoms with Gasteiger partial charge in [0, 0.05) is 11.8 Å². The van der Waals surface area contributed by atoms with E-state index in [-0.39, 0.29) is 16.9 Å². The molecule has 3 N–H and O–H groups in total. The molecule has 20 heavy (non-hydrogen) atoms. The topological polar surface area (TPSA) is 64.3 Å². The average Bonchev–Trinajstić information content (AvgIpc) is 2.37. The van der Waals surface area contributed by atoms with E-state index >= 15 is 0 Å². The van der Waals surface area contributed by atoms with E-state index < -0.39 is 17.5 Å². The summed E-state index contributed by atoms with van der Waals surface area (Å²) in [5.41, 5.74) is 6.10. The molecular formula is C14H12F2N2O2. The highest BCUT2D eigenvalue weighted by molar-refractivity contribution is 6.08. The van der Waals surface area contributed by atoms with Gasteiger partial charge in [-0.25, -0.2) is 8.78 Å². The van der Waals surface area contributed by atoms with Gasteiger partial charge in [0.2, 0.25) is 0 Å². The molecule has 0 unspecified atom stereocenters. The number of methoxy groups -OCH3 is 1. The zero-order chi connectivity index (χ0) is 14.7. The monoisotopic (exact) mass is 278 g/mol. The molecule has 0 aliphatic rings. The number of rotatable bonds is 3. The van der Waals surface area contributed by atoms with Crippen LogP contribution in [0.4, 0.5) is 20.2 Å². The van der Waals surface area contributed by atoms with Crippen LogP contribution in [0.15, 0.2) is 36.4 Å². The van der Waals surface area contributed by atoms with Crippen LogP contribution in [0.2, 0.25) is 0 Å². The summed E-state index contributed by atoms with van der Waals surface area (Å²) in [6.45, 7) is 0. The molecule has 0 bridgehead atoms. The van der Waals surface area contributed by atoms with E-state index in [1.54, 1.807) is 12.1 Å². The van der Waals surface area contributed by atoms with E-state index in [1.165, 1.54) is 13.2 Å². The maximum Gasteiger partial charge on any atom is 0.257 e. The summed E-state index contributed by atoms with van der Waals surface area (Å²) < 4.78 is 31.1. The van der Waals surface area contributed by atoms with E-state index in [1.807, 2.05) is 0 Å². The highest BCUT2D eigenvalue weighted by atomic mass is 19.1.